The van der Waals surface area contributed by atoms with E-state index in [9.17, 15) is 14.4 Å². The lowest BCUT2D eigenvalue weighted by molar-refractivity contribution is 0.0666. The number of hydrogen-bond donors (Lipinski definition) is 0. The Kier molecular flexibility index (Phi) is 5.04. The molecule has 5 heteroatoms. The second-order valence-corrected chi connectivity index (χ2v) is 10.4. The van der Waals surface area contributed by atoms with Crippen LogP contribution in [0.15, 0.2) is 109 Å². The minimum atomic E-state index is -1.55. The van der Waals surface area contributed by atoms with E-state index in [1.54, 1.807) is 42.5 Å². The predicted octanol–water partition coefficient (Wildman–Crippen LogP) is 6.66. The monoisotopic (exact) mass is 515 g/mol. The molecule has 38 heavy (non-hydrogen) atoms. The molecule has 0 radical (unpaired) electrons. The lowest BCUT2D eigenvalue weighted by atomic mass is 9.64. The fraction of sp³-hybridized carbons (Fsp3) is 0.121. The first-order chi connectivity index (χ1) is 18.5. The highest BCUT2D eigenvalue weighted by molar-refractivity contribution is 6.34. The van der Waals surface area contributed by atoms with Crippen molar-refractivity contribution in [2.75, 3.05) is 4.90 Å². The molecular formula is C33H22ClNO3. The molecule has 0 saturated carbocycles. The summed E-state index contributed by atoms with van der Waals surface area (Å²) in [5.74, 6) is -1.48. The van der Waals surface area contributed by atoms with Crippen molar-refractivity contribution in [3.8, 4) is 0 Å². The molecule has 4 aromatic carbocycles. The third kappa shape index (κ3) is 2.89. The van der Waals surface area contributed by atoms with Crippen molar-refractivity contribution in [1.29, 1.82) is 0 Å². The summed E-state index contributed by atoms with van der Waals surface area (Å²) in [6.45, 7) is 0. The Bertz CT molecular complexity index is 1640. The van der Waals surface area contributed by atoms with Crippen molar-refractivity contribution >= 4 is 40.7 Å². The third-order valence-electron chi connectivity index (χ3n) is 8.28. The van der Waals surface area contributed by atoms with E-state index in [0.29, 0.717) is 27.3 Å². The van der Waals surface area contributed by atoms with Crippen molar-refractivity contribution in [3.63, 3.8) is 0 Å². The van der Waals surface area contributed by atoms with Gasteiger partial charge in [0.2, 0.25) is 0 Å². The van der Waals surface area contributed by atoms with Crippen LogP contribution in [-0.2, 0) is 0 Å². The number of hydrogen-bond acceptors (Lipinski definition) is 4. The van der Waals surface area contributed by atoms with Gasteiger partial charge in [-0.25, -0.2) is 0 Å². The Morgan fingerprint density at radius 3 is 2.05 bits per heavy atom. The second-order valence-electron chi connectivity index (χ2n) is 10.0. The molecule has 4 aromatic rings. The van der Waals surface area contributed by atoms with Crippen LogP contribution in [0.4, 0.5) is 5.69 Å². The summed E-state index contributed by atoms with van der Waals surface area (Å²) in [4.78, 5) is 45.6. The average molecular weight is 516 g/mol. The molecule has 1 aliphatic carbocycles. The van der Waals surface area contributed by atoms with E-state index >= 15 is 0 Å². The van der Waals surface area contributed by atoms with Crippen LogP contribution in [0, 0.1) is 5.41 Å². The van der Waals surface area contributed by atoms with E-state index in [4.69, 9.17) is 11.6 Å². The number of para-hydroxylation sites is 1. The van der Waals surface area contributed by atoms with Crippen molar-refractivity contribution in [2.45, 2.75) is 18.0 Å². The number of benzene rings is 4. The topological polar surface area (TPSA) is 54.5 Å². The Balaban J connectivity index is 1.57. The minimum Gasteiger partial charge on any atom is -0.352 e. The van der Waals surface area contributed by atoms with Crippen LogP contribution in [0.25, 0.3) is 6.08 Å². The molecule has 3 atom stereocenters. The van der Waals surface area contributed by atoms with Gasteiger partial charge >= 0.3 is 0 Å². The van der Waals surface area contributed by atoms with Gasteiger partial charge in [0.1, 0.15) is 11.5 Å². The number of carbonyl (C=O) groups excluding carboxylic acids is 3. The molecule has 0 aromatic heterocycles. The Labute approximate surface area is 225 Å². The summed E-state index contributed by atoms with van der Waals surface area (Å²) in [6.07, 6.45) is 3.88. The molecular weight excluding hydrogens is 494 g/mol. The number of rotatable bonds is 3. The van der Waals surface area contributed by atoms with Gasteiger partial charge in [-0.1, -0.05) is 115 Å². The van der Waals surface area contributed by atoms with Crippen molar-refractivity contribution in [2.24, 2.45) is 5.41 Å². The molecule has 2 heterocycles. The third-order valence-corrected chi connectivity index (χ3v) is 8.62. The maximum atomic E-state index is 14.6. The van der Waals surface area contributed by atoms with E-state index in [0.717, 1.165) is 11.3 Å². The highest BCUT2D eigenvalue weighted by Gasteiger charge is 2.71. The van der Waals surface area contributed by atoms with Gasteiger partial charge in [-0.05, 0) is 23.3 Å². The van der Waals surface area contributed by atoms with Crippen molar-refractivity contribution in [1.82, 2.24) is 0 Å². The zero-order valence-electron chi connectivity index (χ0n) is 20.3. The zero-order chi connectivity index (χ0) is 26.0. The van der Waals surface area contributed by atoms with Crippen LogP contribution < -0.4 is 4.90 Å². The lowest BCUT2D eigenvalue weighted by Gasteiger charge is -2.37. The predicted molar refractivity (Wildman–Crippen MR) is 148 cm³/mol. The minimum absolute atomic E-state index is 0.154. The Morgan fingerprint density at radius 1 is 0.737 bits per heavy atom. The molecule has 1 spiro atoms. The molecule has 0 bridgehead atoms. The Morgan fingerprint density at radius 2 is 1.34 bits per heavy atom. The van der Waals surface area contributed by atoms with Gasteiger partial charge in [-0.3, -0.25) is 14.4 Å². The van der Waals surface area contributed by atoms with E-state index < -0.39 is 23.4 Å². The van der Waals surface area contributed by atoms with E-state index in [2.05, 4.69) is 0 Å². The van der Waals surface area contributed by atoms with Gasteiger partial charge in [0.15, 0.2) is 17.3 Å². The number of fused-ring (bicyclic) bond motifs is 5. The van der Waals surface area contributed by atoms with Crippen LogP contribution in [0.5, 0.6) is 0 Å². The van der Waals surface area contributed by atoms with Gasteiger partial charge in [-0.15, -0.1) is 0 Å². The fourth-order valence-electron chi connectivity index (χ4n) is 6.76. The maximum Gasteiger partial charge on any atom is 0.185 e. The molecule has 3 aliphatic rings. The number of halogens is 1. The van der Waals surface area contributed by atoms with Crippen molar-refractivity contribution in [3.05, 3.63) is 142 Å². The largest absolute Gasteiger partial charge is 0.352 e. The summed E-state index contributed by atoms with van der Waals surface area (Å²) in [5.41, 5.74) is 2.14. The fourth-order valence-corrected chi connectivity index (χ4v) is 7.01. The standard InChI is InChI=1S/C33H22ClNO3/c34-25-16-8-7-15-24(25)28-29(30(36)21-11-2-1-3-12-21)35-26-17-9-4-10-20(26)18-19-27(35)33(28)31(37)22-13-5-6-14-23(22)32(33)38/h1-19,27-29H/t27-,28-,29-/m1/s1. The summed E-state index contributed by atoms with van der Waals surface area (Å²) < 4.78 is 0. The Hall–Kier alpha value is -4.28. The molecule has 1 saturated heterocycles. The van der Waals surface area contributed by atoms with Gasteiger partial charge in [0.05, 0.1) is 6.04 Å². The molecule has 7 rings (SSSR count). The van der Waals surface area contributed by atoms with E-state index in [-0.39, 0.29) is 17.3 Å². The van der Waals surface area contributed by atoms with Crippen LogP contribution in [0.3, 0.4) is 0 Å². The molecule has 0 amide bonds. The van der Waals surface area contributed by atoms with Crippen LogP contribution in [-0.4, -0.2) is 29.4 Å². The second kappa shape index (κ2) is 8.37. The lowest BCUT2D eigenvalue weighted by Crippen LogP contribution is -2.48. The first-order valence-corrected chi connectivity index (χ1v) is 13.0. The summed E-state index contributed by atoms with van der Waals surface area (Å²) >= 11 is 6.82. The normalized spacial score (nSPS) is 22.3. The molecule has 184 valence electrons. The number of ketones is 3. The average Bonchev–Trinajstić information content (AvgIpc) is 3.39. The quantitative estimate of drug-likeness (QED) is 0.226. The summed E-state index contributed by atoms with van der Waals surface area (Å²) in [6, 6.07) is 29.6. The van der Waals surface area contributed by atoms with Crippen LogP contribution in [0.1, 0.15) is 48.1 Å². The first-order valence-electron chi connectivity index (χ1n) is 12.6. The van der Waals surface area contributed by atoms with Gasteiger partial charge < -0.3 is 4.90 Å². The smallest absolute Gasteiger partial charge is 0.185 e. The first kappa shape index (κ1) is 22.9. The summed E-state index contributed by atoms with van der Waals surface area (Å²) in [7, 11) is 0. The summed E-state index contributed by atoms with van der Waals surface area (Å²) in [5, 5.41) is 0.427. The SMILES string of the molecule is O=C(c1ccccc1)[C@H]1[C@@H](c2ccccc2Cl)C2(C(=O)c3ccccc3C2=O)[C@H]2C=Cc3ccccc3N12. The van der Waals surface area contributed by atoms with Gasteiger partial charge in [0.25, 0.3) is 0 Å². The number of Topliss-reactive ketones (excluding diaryl/α,β-unsaturated/α-hetero) is 3. The zero-order valence-corrected chi connectivity index (χ0v) is 21.0. The molecule has 0 unspecified atom stereocenters. The maximum absolute atomic E-state index is 14.6. The van der Waals surface area contributed by atoms with E-state index in [1.807, 2.05) is 77.7 Å². The molecule has 1 fully saturated rings. The molecule has 2 aliphatic heterocycles. The highest BCUT2D eigenvalue weighted by Crippen LogP contribution is 2.61. The van der Waals surface area contributed by atoms with Gasteiger partial charge in [0, 0.05) is 33.3 Å². The van der Waals surface area contributed by atoms with Crippen molar-refractivity contribution < 1.29 is 14.4 Å². The van der Waals surface area contributed by atoms with Gasteiger partial charge in [-0.2, -0.15) is 0 Å². The number of carbonyl (C=O) groups is 3. The van der Waals surface area contributed by atoms with E-state index in [1.165, 1.54) is 0 Å². The molecule has 0 N–H and O–H groups in total. The number of anilines is 1. The highest BCUT2D eigenvalue weighted by atomic mass is 35.5. The van der Waals surface area contributed by atoms with Crippen LogP contribution in [0.2, 0.25) is 5.02 Å². The molecule has 4 nitrogen and oxygen atoms in total. The number of nitrogens with zero attached hydrogens (tertiary/aromatic N) is 1. The van der Waals surface area contributed by atoms with Crippen LogP contribution >= 0.6 is 11.6 Å².